The molecule has 2 amide bonds. The van der Waals surface area contributed by atoms with Gasteiger partial charge in [0, 0.05) is 49.0 Å². The fourth-order valence-electron chi connectivity index (χ4n) is 4.88. The number of nitriles is 1. The quantitative estimate of drug-likeness (QED) is 0.272. The van der Waals surface area contributed by atoms with Gasteiger partial charge in [0.2, 0.25) is 5.91 Å². The maximum atomic E-state index is 13.7. The van der Waals surface area contributed by atoms with E-state index in [4.69, 9.17) is 11.0 Å². The number of rotatable bonds is 8. The van der Waals surface area contributed by atoms with E-state index in [0.29, 0.717) is 36.3 Å². The average molecular weight is 611 g/mol. The van der Waals surface area contributed by atoms with Crippen LogP contribution in [0.2, 0.25) is 0 Å². The van der Waals surface area contributed by atoms with E-state index in [-0.39, 0.29) is 53.7 Å². The summed E-state index contributed by atoms with van der Waals surface area (Å²) < 4.78 is 43.6. The van der Waals surface area contributed by atoms with Crippen LogP contribution in [-0.2, 0) is 23.9 Å². The third-order valence-electron chi connectivity index (χ3n) is 6.94. The van der Waals surface area contributed by atoms with Gasteiger partial charge < -0.3 is 21.3 Å². The molecule has 12 nitrogen and oxygen atoms in total. The van der Waals surface area contributed by atoms with E-state index >= 15 is 0 Å². The summed E-state index contributed by atoms with van der Waals surface area (Å²) in [4.78, 5) is 35.5. The van der Waals surface area contributed by atoms with Gasteiger partial charge in [0.15, 0.2) is 17.2 Å². The van der Waals surface area contributed by atoms with Crippen molar-refractivity contribution < 1.29 is 22.8 Å². The number of amides is 2. The first-order valence-corrected chi connectivity index (χ1v) is 14.1. The first-order valence-electron chi connectivity index (χ1n) is 14.1. The van der Waals surface area contributed by atoms with Crippen LogP contribution in [0.15, 0.2) is 43.0 Å². The van der Waals surface area contributed by atoms with E-state index in [2.05, 4.69) is 25.7 Å². The number of nitrogens with one attached hydrogen (secondary N) is 2. The highest BCUT2D eigenvalue weighted by molar-refractivity contribution is 5.98. The molecule has 1 unspecified atom stereocenters. The molecule has 4 aromatic rings. The Hall–Kier alpha value is -4.97. The molecule has 0 bridgehead atoms. The lowest BCUT2D eigenvalue weighted by atomic mass is 10.0. The highest BCUT2D eigenvalue weighted by Gasteiger charge is 2.38. The number of halogens is 3. The zero-order chi connectivity index (χ0) is 32.0. The fourth-order valence-corrected chi connectivity index (χ4v) is 4.88. The largest absolute Gasteiger partial charge is 0.435 e. The second-order valence-electron chi connectivity index (χ2n) is 9.78. The maximum Gasteiger partial charge on any atom is 0.435 e. The smallest absolute Gasteiger partial charge is 0.343 e. The van der Waals surface area contributed by atoms with Gasteiger partial charge in [-0.3, -0.25) is 18.7 Å². The zero-order valence-corrected chi connectivity index (χ0v) is 24.5. The number of carbonyl (C=O) groups is 2. The van der Waals surface area contributed by atoms with Crippen molar-refractivity contribution in [2.24, 2.45) is 5.73 Å². The first kappa shape index (κ1) is 32.0. The maximum absolute atomic E-state index is 13.7. The molecule has 1 atom stereocenters. The lowest BCUT2D eigenvalue weighted by molar-refractivity contribution is -0.141. The van der Waals surface area contributed by atoms with Crippen LogP contribution in [0.3, 0.4) is 0 Å². The minimum Gasteiger partial charge on any atom is -0.343 e. The van der Waals surface area contributed by atoms with Gasteiger partial charge in [0.05, 0.1) is 30.1 Å². The lowest BCUT2D eigenvalue weighted by Gasteiger charge is -2.17. The molecule has 0 aliphatic carbocycles. The summed E-state index contributed by atoms with van der Waals surface area (Å²) in [6.45, 7) is 6.46. The van der Waals surface area contributed by atoms with Crippen molar-refractivity contribution in [1.29, 1.82) is 5.26 Å². The molecule has 3 aromatic heterocycles. The molecule has 0 saturated carbocycles. The van der Waals surface area contributed by atoms with Gasteiger partial charge >= 0.3 is 6.18 Å². The van der Waals surface area contributed by atoms with Crippen LogP contribution >= 0.6 is 0 Å². The second-order valence-corrected chi connectivity index (χ2v) is 9.78. The normalized spacial score (nSPS) is 14.6. The molecule has 1 aliphatic heterocycles. The van der Waals surface area contributed by atoms with E-state index < -0.39 is 11.9 Å². The number of benzene rings is 1. The van der Waals surface area contributed by atoms with Crippen LogP contribution < -0.4 is 16.4 Å². The Morgan fingerprint density at radius 3 is 2.66 bits per heavy atom. The lowest BCUT2D eigenvalue weighted by Crippen LogP contribution is -2.40. The average Bonchev–Trinajstić information content (AvgIpc) is 3.75. The van der Waals surface area contributed by atoms with Crippen LogP contribution in [-0.4, -0.2) is 66.5 Å². The predicted molar refractivity (Wildman–Crippen MR) is 157 cm³/mol. The van der Waals surface area contributed by atoms with Gasteiger partial charge in [0.25, 0.3) is 5.91 Å². The number of aryl methyl sites for hydroxylation is 1. The third kappa shape index (κ3) is 6.81. The topological polar surface area (TPSA) is 159 Å². The molecule has 1 aromatic carbocycles. The van der Waals surface area contributed by atoms with Gasteiger partial charge in [-0.15, -0.1) is 0 Å². The Kier molecular flexibility index (Phi) is 9.84. The Morgan fingerprint density at radius 1 is 1.23 bits per heavy atom. The number of carbonyl (C=O) groups excluding carboxylic acids is 2. The van der Waals surface area contributed by atoms with Crippen molar-refractivity contribution in [3.05, 3.63) is 59.8 Å². The van der Waals surface area contributed by atoms with Gasteiger partial charge in [-0.1, -0.05) is 20.8 Å². The standard InChI is InChI=1S/C27H27F3N10O2.C2H6/c1-2-16-11-18(3-4-19(16)26(42)35-13-22(41)38-8-5-17(32)14-38)36-24-25-34-12-21(40(25)10-7-33-24)20-15-39(9-6-31)37-23(20)27(28,29)30;1-2/h3-4,7,10-12,15,17H,2,5,8-9,13-14,32H2,1H3,(H,33,36)(H,35,42);1-2H3. The Labute approximate surface area is 251 Å². The molecule has 4 N–H and O–H groups in total. The third-order valence-corrected chi connectivity index (χ3v) is 6.94. The minimum absolute atomic E-state index is 0.0453. The number of nitrogens with two attached hydrogens (primary N) is 1. The number of likely N-dealkylation sites (tertiary alicyclic amines) is 1. The van der Waals surface area contributed by atoms with E-state index in [9.17, 15) is 22.8 Å². The summed E-state index contributed by atoms with van der Waals surface area (Å²) in [6, 6.07) is 6.79. The van der Waals surface area contributed by atoms with Crippen LogP contribution in [0.4, 0.5) is 24.7 Å². The minimum atomic E-state index is -4.74. The second kappa shape index (κ2) is 13.6. The summed E-state index contributed by atoms with van der Waals surface area (Å²) in [5, 5.41) is 18.3. The molecular weight excluding hydrogens is 577 g/mol. The number of alkyl halides is 3. The predicted octanol–water partition coefficient (Wildman–Crippen LogP) is 3.76. The van der Waals surface area contributed by atoms with Gasteiger partial charge in [0.1, 0.15) is 6.54 Å². The van der Waals surface area contributed by atoms with Crippen molar-refractivity contribution in [2.75, 3.05) is 25.0 Å². The molecule has 1 aliphatic rings. The van der Waals surface area contributed by atoms with Crippen molar-refractivity contribution in [3.63, 3.8) is 0 Å². The van der Waals surface area contributed by atoms with Crippen molar-refractivity contribution in [1.82, 2.24) is 34.4 Å². The van der Waals surface area contributed by atoms with Crippen molar-refractivity contribution in [3.8, 4) is 17.3 Å². The number of imidazole rings is 1. The molecule has 1 fully saturated rings. The van der Waals surface area contributed by atoms with Crippen LogP contribution in [0.25, 0.3) is 16.9 Å². The summed E-state index contributed by atoms with van der Waals surface area (Å²) in [5.41, 5.74) is 6.59. The summed E-state index contributed by atoms with van der Waals surface area (Å²) >= 11 is 0. The Balaban J connectivity index is 0.00000216. The van der Waals surface area contributed by atoms with E-state index in [1.54, 1.807) is 29.2 Å². The molecule has 44 heavy (non-hydrogen) atoms. The van der Waals surface area contributed by atoms with Crippen LogP contribution in [0.5, 0.6) is 0 Å². The molecule has 4 heterocycles. The Bertz CT molecular complexity index is 1690. The van der Waals surface area contributed by atoms with Crippen LogP contribution in [0.1, 0.15) is 48.8 Å². The number of hydrogen-bond donors (Lipinski definition) is 3. The summed E-state index contributed by atoms with van der Waals surface area (Å²) in [5.74, 6) is -0.299. The molecule has 5 rings (SSSR count). The number of aromatic nitrogens is 5. The van der Waals surface area contributed by atoms with E-state index in [0.717, 1.165) is 17.3 Å². The molecule has 1 saturated heterocycles. The molecular formula is C29H33F3N10O2. The van der Waals surface area contributed by atoms with Gasteiger partial charge in [-0.25, -0.2) is 9.97 Å². The van der Waals surface area contributed by atoms with Gasteiger partial charge in [-0.2, -0.15) is 23.5 Å². The number of hydrogen-bond acceptors (Lipinski definition) is 8. The number of anilines is 2. The summed E-state index contributed by atoms with van der Waals surface area (Å²) in [7, 11) is 0. The van der Waals surface area contributed by atoms with Crippen LogP contribution in [0, 0.1) is 11.3 Å². The van der Waals surface area contributed by atoms with Crippen molar-refractivity contribution >= 4 is 29.0 Å². The van der Waals surface area contributed by atoms with Gasteiger partial charge in [-0.05, 0) is 36.6 Å². The number of nitrogens with zero attached hydrogens (tertiary/aromatic N) is 7. The van der Waals surface area contributed by atoms with Crippen molar-refractivity contribution in [2.45, 2.75) is 52.4 Å². The number of fused-ring (bicyclic) bond motifs is 1. The Morgan fingerprint density at radius 2 is 2.00 bits per heavy atom. The molecule has 0 spiro atoms. The van der Waals surface area contributed by atoms with E-state index in [1.165, 1.54) is 23.0 Å². The van der Waals surface area contributed by atoms with E-state index in [1.807, 2.05) is 20.8 Å². The highest BCUT2D eigenvalue weighted by atomic mass is 19.4. The summed E-state index contributed by atoms with van der Waals surface area (Å²) in [6.07, 6.45) is 1.85. The first-order chi connectivity index (χ1) is 21.1. The zero-order valence-electron chi connectivity index (χ0n) is 24.5. The SMILES string of the molecule is CC.CCc1cc(Nc2nccn3c(-c4cn(CC#N)nc4C(F)(F)F)cnc23)ccc1C(=O)NCC(=O)N1CCC(N)C1. The molecule has 0 radical (unpaired) electrons. The molecule has 232 valence electrons. The highest BCUT2D eigenvalue weighted by Crippen LogP contribution is 2.37. The monoisotopic (exact) mass is 610 g/mol. The molecule has 15 heteroatoms. The fraction of sp³-hybridized carbons (Fsp3) is 0.379.